The minimum Gasteiger partial charge on any atom is -0.463 e. The van der Waals surface area contributed by atoms with Crippen LogP contribution in [-0.4, -0.2) is 18.8 Å². The van der Waals surface area contributed by atoms with E-state index in [9.17, 15) is 4.79 Å². The number of aryl methyl sites for hydroxylation is 1. The van der Waals surface area contributed by atoms with Gasteiger partial charge >= 0.3 is 5.97 Å². The van der Waals surface area contributed by atoms with Crippen LogP contribution in [0.15, 0.2) is 45.7 Å². The van der Waals surface area contributed by atoms with Crippen molar-refractivity contribution in [3.05, 3.63) is 57.5 Å². The fraction of sp³-hybridized carbons (Fsp3) is 0.350. The van der Waals surface area contributed by atoms with Crippen molar-refractivity contribution in [2.75, 3.05) is 12.9 Å². The first-order chi connectivity index (χ1) is 11.4. The van der Waals surface area contributed by atoms with Gasteiger partial charge in [-0.3, -0.25) is 0 Å². The normalized spacial score (nSPS) is 13.2. The summed E-state index contributed by atoms with van der Waals surface area (Å²) in [6, 6.07) is 0. The van der Waals surface area contributed by atoms with Crippen molar-refractivity contribution in [2.24, 2.45) is 0 Å². The molecular formula is C20H26O2S2. The molecule has 0 fully saturated rings. The lowest BCUT2D eigenvalue weighted by molar-refractivity contribution is -0.137. The van der Waals surface area contributed by atoms with Crippen molar-refractivity contribution in [3.63, 3.8) is 0 Å². The van der Waals surface area contributed by atoms with Crippen molar-refractivity contribution in [2.45, 2.75) is 38.8 Å². The van der Waals surface area contributed by atoms with E-state index in [0.717, 1.165) is 11.1 Å². The average Bonchev–Trinajstić information content (AvgIpc) is 2.79. The van der Waals surface area contributed by atoms with Crippen molar-refractivity contribution < 1.29 is 9.53 Å². The van der Waals surface area contributed by atoms with Gasteiger partial charge in [0, 0.05) is 11.0 Å². The van der Waals surface area contributed by atoms with Crippen LogP contribution < -0.4 is 0 Å². The molecule has 0 unspecified atom stereocenters. The number of carbonyl (C=O) groups excluding carboxylic acids is 1. The van der Waals surface area contributed by atoms with Crippen molar-refractivity contribution in [1.82, 2.24) is 0 Å². The highest BCUT2D eigenvalue weighted by Gasteiger charge is 2.08. The van der Waals surface area contributed by atoms with Crippen LogP contribution in [0.4, 0.5) is 0 Å². The van der Waals surface area contributed by atoms with E-state index in [4.69, 9.17) is 4.74 Å². The third-order valence-electron chi connectivity index (χ3n) is 3.38. The maximum atomic E-state index is 11.3. The highest BCUT2D eigenvalue weighted by atomic mass is 32.2. The van der Waals surface area contributed by atoms with Gasteiger partial charge in [0.1, 0.15) is 0 Å². The van der Waals surface area contributed by atoms with Crippen LogP contribution in [0.5, 0.6) is 0 Å². The first-order valence-corrected chi connectivity index (χ1v) is 9.95. The highest BCUT2D eigenvalue weighted by molar-refractivity contribution is 8.00. The van der Waals surface area contributed by atoms with Crippen LogP contribution in [0.3, 0.4) is 0 Å². The molecule has 0 aromatic carbocycles. The van der Waals surface area contributed by atoms with E-state index >= 15 is 0 Å². The van der Waals surface area contributed by atoms with Gasteiger partial charge in [0.25, 0.3) is 0 Å². The first-order valence-electron chi connectivity index (χ1n) is 7.91. The molecule has 0 amide bonds. The Morgan fingerprint density at radius 1 is 1.21 bits per heavy atom. The molecule has 1 heterocycles. The van der Waals surface area contributed by atoms with Gasteiger partial charge in [0.2, 0.25) is 0 Å². The number of rotatable bonds is 7. The molecule has 0 aliphatic rings. The highest BCUT2D eigenvalue weighted by Crippen LogP contribution is 2.34. The molecule has 1 aromatic rings. The summed E-state index contributed by atoms with van der Waals surface area (Å²) in [5, 5.41) is 0. The quantitative estimate of drug-likeness (QED) is 0.253. The van der Waals surface area contributed by atoms with Gasteiger partial charge in [-0.2, -0.15) is 0 Å². The Bertz CT molecular complexity index is 689. The molecule has 130 valence electrons. The Balaban J connectivity index is 2.76. The standard InChI is InChI=1S/C20H26O2S2/c1-7-22-19(21)13-15(3)10-8-9-14(2)11-12-18-16(4)20(23-6)24-17(18)5/h8-13H,7H2,1-6H3/b10-8?,12-11?,14-9?,15-13+. The zero-order valence-electron chi connectivity index (χ0n) is 15.3. The second kappa shape index (κ2) is 10.4. The summed E-state index contributed by atoms with van der Waals surface area (Å²) in [5.41, 5.74) is 4.71. The summed E-state index contributed by atoms with van der Waals surface area (Å²) < 4.78 is 6.27. The van der Waals surface area contributed by atoms with Crippen LogP contribution >= 0.6 is 23.1 Å². The predicted octanol–water partition coefficient (Wildman–Crippen LogP) is 6.11. The SMILES string of the molecule is CCOC(=O)/C=C(\C)C=CC=C(C)C=Cc1c(C)sc(SC)c1C. The molecule has 0 spiro atoms. The van der Waals surface area contributed by atoms with Gasteiger partial charge in [-0.05, 0) is 57.6 Å². The monoisotopic (exact) mass is 362 g/mol. The van der Waals surface area contributed by atoms with Gasteiger partial charge in [-0.15, -0.1) is 23.1 Å². The molecule has 0 saturated carbocycles. The van der Waals surface area contributed by atoms with E-state index < -0.39 is 0 Å². The van der Waals surface area contributed by atoms with Crippen LogP contribution in [0.2, 0.25) is 0 Å². The molecule has 4 heteroatoms. The number of carbonyl (C=O) groups is 1. The number of thioether (sulfide) groups is 1. The van der Waals surface area contributed by atoms with Gasteiger partial charge < -0.3 is 4.74 Å². The predicted molar refractivity (Wildman–Crippen MR) is 108 cm³/mol. The molecule has 0 aliphatic heterocycles. The van der Waals surface area contributed by atoms with Crippen molar-refractivity contribution >= 4 is 35.1 Å². The maximum Gasteiger partial charge on any atom is 0.330 e. The summed E-state index contributed by atoms with van der Waals surface area (Å²) in [5.74, 6) is -0.298. The topological polar surface area (TPSA) is 26.3 Å². The van der Waals surface area contributed by atoms with Crippen molar-refractivity contribution in [3.8, 4) is 0 Å². The second-order valence-electron chi connectivity index (χ2n) is 5.43. The summed E-state index contributed by atoms with van der Waals surface area (Å²) in [6.45, 7) is 10.5. The Hall–Kier alpha value is -1.52. The van der Waals surface area contributed by atoms with E-state index in [1.54, 1.807) is 18.7 Å². The Kier molecular flexibility index (Phi) is 8.87. The van der Waals surface area contributed by atoms with Crippen LogP contribution in [0.1, 0.15) is 36.8 Å². The van der Waals surface area contributed by atoms with Gasteiger partial charge in [-0.1, -0.05) is 36.0 Å². The largest absolute Gasteiger partial charge is 0.463 e. The zero-order valence-corrected chi connectivity index (χ0v) is 16.9. The van der Waals surface area contributed by atoms with Gasteiger partial charge in [0.15, 0.2) is 0 Å². The Labute approximate surface area is 154 Å². The number of ether oxygens (including phenoxy) is 1. The van der Waals surface area contributed by atoms with E-state index in [1.165, 1.54) is 26.3 Å². The molecule has 0 bridgehead atoms. The smallest absolute Gasteiger partial charge is 0.330 e. The number of hydrogen-bond donors (Lipinski definition) is 0. The number of allylic oxidation sites excluding steroid dienone is 6. The second-order valence-corrected chi connectivity index (χ2v) is 7.73. The molecule has 24 heavy (non-hydrogen) atoms. The molecule has 1 aromatic heterocycles. The van der Waals surface area contributed by atoms with E-state index in [-0.39, 0.29) is 5.97 Å². The zero-order chi connectivity index (χ0) is 18.1. The lowest BCUT2D eigenvalue weighted by Gasteiger charge is -1.97. The molecule has 0 aliphatic carbocycles. The van der Waals surface area contributed by atoms with Crippen molar-refractivity contribution in [1.29, 1.82) is 0 Å². The third-order valence-corrected chi connectivity index (χ3v) is 5.83. The van der Waals surface area contributed by atoms with Crippen LogP contribution in [0, 0.1) is 13.8 Å². The van der Waals surface area contributed by atoms with Gasteiger partial charge in [0.05, 0.1) is 10.8 Å². The van der Waals surface area contributed by atoms with E-state index in [0.29, 0.717) is 6.61 Å². The van der Waals surface area contributed by atoms with E-state index in [2.05, 4.69) is 39.2 Å². The number of thiophene rings is 1. The van der Waals surface area contributed by atoms with Crippen LogP contribution in [0.25, 0.3) is 6.08 Å². The Morgan fingerprint density at radius 3 is 2.50 bits per heavy atom. The van der Waals surface area contributed by atoms with Crippen LogP contribution in [-0.2, 0) is 9.53 Å². The first kappa shape index (κ1) is 20.5. The maximum absolute atomic E-state index is 11.3. The fourth-order valence-corrected chi connectivity index (χ4v) is 4.12. The lowest BCUT2D eigenvalue weighted by Crippen LogP contribution is -1.99. The molecule has 0 atom stereocenters. The number of hydrogen-bond acceptors (Lipinski definition) is 4. The van der Waals surface area contributed by atoms with E-state index in [1.807, 2.05) is 36.5 Å². The molecule has 2 nitrogen and oxygen atoms in total. The summed E-state index contributed by atoms with van der Waals surface area (Å²) in [4.78, 5) is 12.7. The summed E-state index contributed by atoms with van der Waals surface area (Å²) in [7, 11) is 0. The average molecular weight is 363 g/mol. The molecule has 0 N–H and O–H groups in total. The minimum atomic E-state index is -0.298. The lowest BCUT2D eigenvalue weighted by atomic mass is 10.1. The minimum absolute atomic E-state index is 0.298. The molecular weight excluding hydrogens is 336 g/mol. The number of esters is 1. The molecule has 0 saturated heterocycles. The summed E-state index contributed by atoms with van der Waals surface area (Å²) in [6.07, 6.45) is 13.8. The molecule has 1 rings (SSSR count). The summed E-state index contributed by atoms with van der Waals surface area (Å²) >= 11 is 3.66. The Morgan fingerprint density at radius 2 is 1.92 bits per heavy atom. The van der Waals surface area contributed by atoms with Gasteiger partial charge in [-0.25, -0.2) is 4.79 Å². The third kappa shape index (κ3) is 6.54. The fourth-order valence-electron chi connectivity index (χ4n) is 2.12. The molecule has 0 radical (unpaired) electrons.